The van der Waals surface area contributed by atoms with Gasteiger partial charge >= 0.3 is 0 Å². The summed E-state index contributed by atoms with van der Waals surface area (Å²) in [5.74, 6) is 0.0795. The number of benzene rings is 1. The van der Waals surface area contributed by atoms with Crippen molar-refractivity contribution in [3.63, 3.8) is 0 Å². The maximum Gasteiger partial charge on any atom is 0.261 e. The van der Waals surface area contributed by atoms with Gasteiger partial charge < -0.3 is 10.4 Å². The number of aliphatic hydroxyl groups is 1. The molecule has 1 aromatic carbocycles. The summed E-state index contributed by atoms with van der Waals surface area (Å²) in [4.78, 5) is 14.0. The van der Waals surface area contributed by atoms with E-state index in [2.05, 4.69) is 5.32 Å². The molecule has 1 amide bonds. The van der Waals surface area contributed by atoms with E-state index in [1.165, 1.54) is 11.3 Å². The quantitative estimate of drug-likeness (QED) is 0.860. The lowest BCUT2D eigenvalue weighted by Crippen LogP contribution is -2.29. The molecule has 21 heavy (non-hydrogen) atoms. The molecule has 1 heterocycles. The highest BCUT2D eigenvalue weighted by molar-refractivity contribution is 7.13. The number of carbonyl (C=O) groups is 1. The molecule has 0 spiro atoms. The van der Waals surface area contributed by atoms with Gasteiger partial charge in [0.1, 0.15) is 0 Å². The van der Waals surface area contributed by atoms with Crippen molar-refractivity contribution in [3.05, 3.63) is 57.8 Å². The number of thiophene rings is 1. The number of hydrogen-bond donors (Lipinski definition) is 2. The van der Waals surface area contributed by atoms with E-state index in [0.717, 1.165) is 15.3 Å². The van der Waals surface area contributed by atoms with Crippen molar-refractivity contribution in [2.75, 3.05) is 6.54 Å². The molecule has 0 fully saturated rings. The Morgan fingerprint density at radius 3 is 2.52 bits per heavy atom. The zero-order chi connectivity index (χ0) is 15.2. The Morgan fingerprint density at radius 1 is 1.24 bits per heavy atom. The van der Waals surface area contributed by atoms with Gasteiger partial charge in [-0.15, -0.1) is 11.3 Å². The smallest absolute Gasteiger partial charge is 0.261 e. The van der Waals surface area contributed by atoms with Crippen LogP contribution in [0.15, 0.2) is 42.5 Å². The molecule has 2 aromatic rings. The first-order valence-corrected chi connectivity index (χ1v) is 7.95. The SMILES string of the molecule is Cc1ccc(C(=O)NCC(CC(C)O)c2ccccc2)s1. The molecule has 0 saturated heterocycles. The van der Waals surface area contributed by atoms with E-state index in [0.29, 0.717) is 13.0 Å². The van der Waals surface area contributed by atoms with E-state index in [1.54, 1.807) is 6.92 Å². The van der Waals surface area contributed by atoms with Crippen LogP contribution in [0.5, 0.6) is 0 Å². The molecule has 0 bridgehead atoms. The van der Waals surface area contributed by atoms with E-state index in [-0.39, 0.29) is 11.8 Å². The maximum atomic E-state index is 12.1. The van der Waals surface area contributed by atoms with Crippen LogP contribution in [0.2, 0.25) is 0 Å². The Morgan fingerprint density at radius 2 is 1.95 bits per heavy atom. The summed E-state index contributed by atoms with van der Waals surface area (Å²) in [6, 6.07) is 13.8. The summed E-state index contributed by atoms with van der Waals surface area (Å²) in [5, 5.41) is 12.6. The van der Waals surface area contributed by atoms with Crippen molar-refractivity contribution in [1.82, 2.24) is 5.32 Å². The van der Waals surface area contributed by atoms with Crippen molar-refractivity contribution in [1.29, 1.82) is 0 Å². The summed E-state index contributed by atoms with van der Waals surface area (Å²) in [6.07, 6.45) is 0.240. The lowest BCUT2D eigenvalue weighted by molar-refractivity contribution is 0.0949. The van der Waals surface area contributed by atoms with Gasteiger partial charge in [-0.1, -0.05) is 30.3 Å². The molecule has 2 atom stereocenters. The van der Waals surface area contributed by atoms with Gasteiger partial charge in [0, 0.05) is 17.3 Å². The molecule has 0 aliphatic rings. The Labute approximate surface area is 129 Å². The summed E-state index contributed by atoms with van der Waals surface area (Å²) >= 11 is 1.50. The zero-order valence-corrected chi connectivity index (χ0v) is 13.2. The van der Waals surface area contributed by atoms with Crippen LogP contribution >= 0.6 is 11.3 Å². The first-order chi connectivity index (χ1) is 10.1. The Kier molecular flexibility index (Phi) is 5.53. The van der Waals surface area contributed by atoms with E-state index in [4.69, 9.17) is 0 Å². The largest absolute Gasteiger partial charge is 0.393 e. The van der Waals surface area contributed by atoms with Crippen molar-refractivity contribution < 1.29 is 9.90 Å². The van der Waals surface area contributed by atoms with Crippen LogP contribution in [0.1, 0.15) is 39.4 Å². The highest BCUT2D eigenvalue weighted by Gasteiger charge is 2.16. The average molecular weight is 303 g/mol. The number of hydrogen-bond acceptors (Lipinski definition) is 3. The van der Waals surface area contributed by atoms with Crippen molar-refractivity contribution >= 4 is 17.2 Å². The van der Waals surface area contributed by atoms with Crippen molar-refractivity contribution in [2.24, 2.45) is 0 Å². The molecule has 3 nitrogen and oxygen atoms in total. The second-order valence-electron chi connectivity index (χ2n) is 5.31. The maximum absolute atomic E-state index is 12.1. The number of aliphatic hydroxyl groups excluding tert-OH is 1. The Balaban J connectivity index is 2.01. The number of aryl methyl sites for hydroxylation is 1. The number of rotatable bonds is 6. The van der Waals surface area contributed by atoms with Crippen LogP contribution in [0.25, 0.3) is 0 Å². The second-order valence-corrected chi connectivity index (χ2v) is 6.60. The van der Waals surface area contributed by atoms with E-state index in [9.17, 15) is 9.90 Å². The lowest BCUT2D eigenvalue weighted by atomic mass is 9.93. The number of amides is 1. The predicted octanol–water partition coefficient (Wildman–Crippen LogP) is 3.34. The standard InChI is InChI=1S/C17H21NO2S/c1-12(19)10-15(14-6-4-3-5-7-14)11-18-17(20)16-9-8-13(2)21-16/h3-9,12,15,19H,10-11H2,1-2H3,(H,18,20). The van der Waals surface area contributed by atoms with Crippen LogP contribution in [-0.2, 0) is 0 Å². The van der Waals surface area contributed by atoms with Gasteiger partial charge in [0.25, 0.3) is 5.91 Å². The fraction of sp³-hybridized carbons (Fsp3) is 0.353. The Hall–Kier alpha value is -1.65. The van der Waals surface area contributed by atoms with Crippen LogP contribution < -0.4 is 5.32 Å². The summed E-state index contributed by atoms with van der Waals surface area (Å²) in [5.41, 5.74) is 1.14. The van der Waals surface area contributed by atoms with Gasteiger partial charge in [-0.3, -0.25) is 4.79 Å². The second kappa shape index (κ2) is 7.38. The van der Waals surface area contributed by atoms with Gasteiger partial charge in [-0.2, -0.15) is 0 Å². The molecule has 0 saturated carbocycles. The molecular weight excluding hydrogens is 282 g/mol. The van der Waals surface area contributed by atoms with E-state index in [1.807, 2.05) is 49.4 Å². The molecular formula is C17H21NO2S. The minimum Gasteiger partial charge on any atom is -0.393 e. The first kappa shape index (κ1) is 15.7. The van der Waals surface area contributed by atoms with Gasteiger partial charge in [-0.25, -0.2) is 0 Å². The topological polar surface area (TPSA) is 49.3 Å². The zero-order valence-electron chi connectivity index (χ0n) is 12.4. The van der Waals surface area contributed by atoms with Gasteiger partial charge in [-0.05, 0) is 38.0 Å². The van der Waals surface area contributed by atoms with Crippen LogP contribution in [0.3, 0.4) is 0 Å². The molecule has 2 rings (SSSR count). The molecule has 0 aliphatic carbocycles. The van der Waals surface area contributed by atoms with Crippen LogP contribution in [-0.4, -0.2) is 23.7 Å². The Bertz CT molecular complexity index is 577. The highest BCUT2D eigenvalue weighted by atomic mass is 32.1. The van der Waals surface area contributed by atoms with E-state index >= 15 is 0 Å². The van der Waals surface area contributed by atoms with Crippen LogP contribution in [0, 0.1) is 6.92 Å². The van der Waals surface area contributed by atoms with Crippen LogP contribution in [0.4, 0.5) is 0 Å². The third-order valence-electron chi connectivity index (χ3n) is 3.37. The first-order valence-electron chi connectivity index (χ1n) is 7.14. The minimum atomic E-state index is -0.393. The molecule has 112 valence electrons. The fourth-order valence-electron chi connectivity index (χ4n) is 2.33. The lowest BCUT2D eigenvalue weighted by Gasteiger charge is -2.19. The highest BCUT2D eigenvalue weighted by Crippen LogP contribution is 2.21. The minimum absolute atomic E-state index is 0.0420. The normalized spacial score (nSPS) is 13.7. The van der Waals surface area contributed by atoms with Crippen molar-refractivity contribution in [2.45, 2.75) is 32.3 Å². The summed E-state index contributed by atoms with van der Waals surface area (Å²) in [7, 11) is 0. The van der Waals surface area contributed by atoms with E-state index < -0.39 is 6.10 Å². The molecule has 4 heteroatoms. The number of nitrogens with one attached hydrogen (secondary N) is 1. The molecule has 0 radical (unpaired) electrons. The number of carbonyl (C=O) groups excluding carboxylic acids is 1. The predicted molar refractivity (Wildman–Crippen MR) is 86.9 cm³/mol. The summed E-state index contributed by atoms with van der Waals surface area (Å²) < 4.78 is 0. The molecule has 0 aliphatic heterocycles. The third-order valence-corrected chi connectivity index (χ3v) is 4.37. The monoisotopic (exact) mass is 303 g/mol. The van der Waals surface area contributed by atoms with Gasteiger partial charge in [0.2, 0.25) is 0 Å². The fourth-order valence-corrected chi connectivity index (χ4v) is 3.12. The molecule has 1 aromatic heterocycles. The molecule has 2 unspecified atom stereocenters. The van der Waals surface area contributed by atoms with Gasteiger partial charge in [0.05, 0.1) is 11.0 Å². The summed E-state index contributed by atoms with van der Waals surface area (Å²) in [6.45, 7) is 4.30. The molecule has 2 N–H and O–H groups in total. The van der Waals surface area contributed by atoms with Crippen molar-refractivity contribution in [3.8, 4) is 0 Å². The third kappa shape index (κ3) is 4.69. The van der Waals surface area contributed by atoms with Gasteiger partial charge in [0.15, 0.2) is 0 Å². The average Bonchev–Trinajstić information content (AvgIpc) is 2.90.